The average molecular weight is 474 g/mol. The minimum absolute atomic E-state index is 0.0628. The Kier molecular flexibility index (Phi) is 18.4. The summed E-state index contributed by atoms with van der Waals surface area (Å²) in [6.07, 6.45) is 4.85. The monoisotopic (exact) mass is 474 g/mol. The molecule has 186 valence electrons. The van der Waals surface area contributed by atoms with Crippen LogP contribution in [0, 0.1) is 0 Å². The number of carbonyl (C=O) groups is 5. The Hall–Kier alpha value is -3.51. The van der Waals surface area contributed by atoms with Gasteiger partial charge in [0, 0.05) is 26.1 Å². The van der Waals surface area contributed by atoms with E-state index in [1.54, 1.807) is 0 Å². The highest BCUT2D eigenvalue weighted by Crippen LogP contribution is 2.12. The van der Waals surface area contributed by atoms with E-state index in [1.165, 1.54) is 0 Å². The second-order valence-corrected chi connectivity index (χ2v) is 6.53. The molecule has 0 aliphatic carbocycles. The van der Waals surface area contributed by atoms with Crippen molar-refractivity contribution in [2.24, 2.45) is 0 Å². The van der Waals surface area contributed by atoms with Crippen LogP contribution < -0.4 is 0 Å². The van der Waals surface area contributed by atoms with E-state index in [1.807, 2.05) is 0 Å². The zero-order chi connectivity index (χ0) is 25.8. The van der Waals surface area contributed by atoms with Crippen LogP contribution >= 0.6 is 0 Å². The summed E-state index contributed by atoms with van der Waals surface area (Å²) in [6.45, 7) is 0.566. The van der Waals surface area contributed by atoms with Crippen LogP contribution in [-0.2, 0) is 9.59 Å². The third-order valence-electron chi connectivity index (χ3n) is 3.82. The molecule has 0 aromatic heterocycles. The van der Waals surface area contributed by atoms with Crippen molar-refractivity contribution < 1.29 is 59.7 Å². The second kappa shape index (κ2) is 19.2. The molecular formula is C21H30O12. The smallest absolute Gasteiger partial charge is 0.336 e. The molecule has 0 saturated heterocycles. The lowest BCUT2D eigenvalue weighted by Gasteiger charge is -2.02. The summed E-state index contributed by atoms with van der Waals surface area (Å²) in [5, 5.41) is 58.7. The number of aliphatic hydroxyl groups excluding tert-OH is 2. The highest BCUT2D eigenvalue weighted by Gasteiger charge is 2.17. The summed E-state index contributed by atoms with van der Waals surface area (Å²) in [6, 6.07) is 2.81. The Labute approximate surface area is 189 Å². The number of hydrogen-bond acceptors (Lipinski definition) is 7. The van der Waals surface area contributed by atoms with Crippen molar-refractivity contribution in [3.8, 4) is 0 Å². The van der Waals surface area contributed by atoms with Crippen molar-refractivity contribution in [2.75, 3.05) is 13.2 Å². The number of hydrogen-bond donors (Lipinski definition) is 7. The molecule has 0 saturated carbocycles. The second-order valence-electron chi connectivity index (χ2n) is 6.53. The standard InChI is InChI=1S/C9H6O6.C6H10O4.C6H14O2/c10-7(11)4-1-2-5(8(12)13)6(3-4)9(14)15;7-5(8)3-1-2-4-6(9)10;7-5-3-1-2-4-6-8/h1-3H,(H,10,11)(H,12,13)(H,14,15);1-4H2,(H,7,8)(H,9,10);7-8H,1-6H2. The summed E-state index contributed by atoms with van der Waals surface area (Å²) in [4.78, 5) is 51.6. The van der Waals surface area contributed by atoms with Crippen LogP contribution in [0.4, 0.5) is 0 Å². The quantitative estimate of drug-likeness (QED) is 0.204. The number of aliphatic carboxylic acids is 2. The van der Waals surface area contributed by atoms with Gasteiger partial charge in [0.1, 0.15) is 0 Å². The first-order valence-electron chi connectivity index (χ1n) is 9.97. The van der Waals surface area contributed by atoms with Gasteiger partial charge >= 0.3 is 29.8 Å². The van der Waals surface area contributed by atoms with E-state index < -0.39 is 41.0 Å². The van der Waals surface area contributed by atoms with E-state index in [4.69, 9.17) is 35.7 Å². The molecule has 0 heterocycles. The van der Waals surface area contributed by atoms with Gasteiger partial charge in [-0.25, -0.2) is 14.4 Å². The molecule has 1 aromatic rings. The van der Waals surface area contributed by atoms with Gasteiger partial charge in [0.25, 0.3) is 0 Å². The summed E-state index contributed by atoms with van der Waals surface area (Å²) in [5.41, 5.74) is -1.24. The third kappa shape index (κ3) is 17.8. The van der Waals surface area contributed by atoms with Crippen LogP contribution in [0.3, 0.4) is 0 Å². The fourth-order valence-corrected chi connectivity index (χ4v) is 2.17. The van der Waals surface area contributed by atoms with Crippen LogP contribution in [0.1, 0.15) is 82.4 Å². The normalized spacial score (nSPS) is 9.52. The van der Waals surface area contributed by atoms with Gasteiger partial charge in [0.05, 0.1) is 16.7 Å². The fraction of sp³-hybridized carbons (Fsp3) is 0.476. The lowest BCUT2D eigenvalue weighted by molar-refractivity contribution is -0.139. The Morgan fingerprint density at radius 2 is 0.970 bits per heavy atom. The zero-order valence-corrected chi connectivity index (χ0v) is 18.0. The van der Waals surface area contributed by atoms with E-state index >= 15 is 0 Å². The molecular weight excluding hydrogens is 444 g/mol. The Morgan fingerprint density at radius 3 is 1.27 bits per heavy atom. The summed E-state index contributed by atoms with van der Waals surface area (Å²) >= 11 is 0. The minimum Gasteiger partial charge on any atom is -0.481 e. The maximum absolute atomic E-state index is 10.6. The number of unbranched alkanes of at least 4 members (excludes halogenated alkanes) is 4. The number of aliphatic hydroxyl groups is 2. The molecule has 0 bridgehead atoms. The van der Waals surface area contributed by atoms with Gasteiger partial charge < -0.3 is 35.7 Å². The van der Waals surface area contributed by atoms with Gasteiger partial charge in [-0.2, -0.15) is 0 Å². The molecule has 0 spiro atoms. The Morgan fingerprint density at radius 1 is 0.545 bits per heavy atom. The van der Waals surface area contributed by atoms with Gasteiger partial charge in [0.15, 0.2) is 0 Å². The molecule has 0 atom stereocenters. The van der Waals surface area contributed by atoms with Crippen molar-refractivity contribution in [2.45, 2.75) is 51.4 Å². The lowest BCUT2D eigenvalue weighted by atomic mass is 10.0. The van der Waals surface area contributed by atoms with Crippen LogP contribution in [0.2, 0.25) is 0 Å². The van der Waals surface area contributed by atoms with E-state index in [0.717, 1.165) is 43.9 Å². The van der Waals surface area contributed by atoms with Crippen LogP contribution in [0.15, 0.2) is 18.2 Å². The lowest BCUT2D eigenvalue weighted by Crippen LogP contribution is -2.10. The summed E-state index contributed by atoms with van der Waals surface area (Å²) in [7, 11) is 0. The molecule has 0 amide bonds. The van der Waals surface area contributed by atoms with Gasteiger partial charge in [-0.3, -0.25) is 9.59 Å². The molecule has 7 N–H and O–H groups in total. The SMILES string of the molecule is O=C(O)CCCCC(=O)O.O=C(O)c1ccc(C(=O)O)c(C(=O)O)c1.OCCCCCCO. The predicted octanol–water partition coefficient (Wildman–Crippen LogP) is 2.03. The Balaban J connectivity index is 0. The number of rotatable bonds is 13. The van der Waals surface area contributed by atoms with Gasteiger partial charge in [-0.15, -0.1) is 0 Å². The van der Waals surface area contributed by atoms with Gasteiger partial charge in [0.2, 0.25) is 0 Å². The molecule has 1 aromatic carbocycles. The number of benzene rings is 1. The predicted molar refractivity (Wildman–Crippen MR) is 114 cm³/mol. The molecule has 0 unspecified atom stereocenters. The first kappa shape index (κ1) is 31.7. The van der Waals surface area contributed by atoms with Crippen LogP contribution in [0.5, 0.6) is 0 Å². The van der Waals surface area contributed by atoms with E-state index in [2.05, 4.69) is 0 Å². The molecule has 1 rings (SSSR count). The van der Waals surface area contributed by atoms with Gasteiger partial charge in [-0.1, -0.05) is 12.8 Å². The molecule has 0 radical (unpaired) electrons. The topological polar surface area (TPSA) is 227 Å². The molecule has 0 aliphatic rings. The molecule has 0 aliphatic heterocycles. The minimum atomic E-state index is -1.48. The fourth-order valence-electron chi connectivity index (χ4n) is 2.17. The number of carboxylic acids is 5. The first-order chi connectivity index (χ1) is 15.5. The molecule has 0 fully saturated rings. The van der Waals surface area contributed by atoms with E-state index in [0.29, 0.717) is 12.8 Å². The van der Waals surface area contributed by atoms with Crippen molar-refractivity contribution in [1.82, 2.24) is 0 Å². The van der Waals surface area contributed by atoms with Gasteiger partial charge in [-0.05, 0) is 43.9 Å². The molecule has 12 nitrogen and oxygen atoms in total. The van der Waals surface area contributed by atoms with Crippen molar-refractivity contribution >= 4 is 29.8 Å². The number of carboxylic acid groups (broad SMARTS) is 5. The maximum Gasteiger partial charge on any atom is 0.336 e. The van der Waals surface area contributed by atoms with Crippen molar-refractivity contribution in [3.05, 3.63) is 34.9 Å². The highest BCUT2D eigenvalue weighted by atomic mass is 16.4. The molecule has 33 heavy (non-hydrogen) atoms. The summed E-state index contributed by atoms with van der Waals surface area (Å²) < 4.78 is 0. The van der Waals surface area contributed by atoms with Crippen molar-refractivity contribution in [1.29, 1.82) is 0 Å². The van der Waals surface area contributed by atoms with Crippen LogP contribution in [-0.4, -0.2) is 78.8 Å². The number of aromatic carboxylic acids is 3. The molecule has 12 heteroatoms. The maximum atomic E-state index is 10.6. The average Bonchev–Trinajstić information content (AvgIpc) is 2.74. The largest absolute Gasteiger partial charge is 0.481 e. The third-order valence-corrected chi connectivity index (χ3v) is 3.82. The van der Waals surface area contributed by atoms with Crippen LogP contribution in [0.25, 0.3) is 0 Å². The zero-order valence-electron chi connectivity index (χ0n) is 18.0. The highest BCUT2D eigenvalue weighted by molar-refractivity contribution is 6.03. The summed E-state index contributed by atoms with van der Waals surface area (Å²) in [5.74, 6) is -5.94. The van der Waals surface area contributed by atoms with E-state index in [-0.39, 0.29) is 31.6 Å². The van der Waals surface area contributed by atoms with E-state index in [9.17, 15) is 24.0 Å². The van der Waals surface area contributed by atoms with Crippen molar-refractivity contribution in [3.63, 3.8) is 0 Å². The first-order valence-corrected chi connectivity index (χ1v) is 9.97. The Bertz CT molecular complexity index is 751.